The summed E-state index contributed by atoms with van der Waals surface area (Å²) in [5.74, 6) is 0.779. The molecule has 2 fully saturated rings. The maximum Gasteiger partial charge on any atom is 0.246 e. The average Bonchev–Trinajstić information content (AvgIpc) is 3.10. The molecule has 4 rings (SSSR count). The molecular formula is C25H29FN2O3. The second kappa shape index (κ2) is 9.94. The molecule has 164 valence electrons. The lowest BCUT2D eigenvalue weighted by Gasteiger charge is -2.33. The van der Waals surface area contributed by atoms with Crippen LogP contribution in [0.2, 0.25) is 0 Å². The van der Waals surface area contributed by atoms with Gasteiger partial charge in [-0.2, -0.15) is 0 Å². The molecule has 0 radical (unpaired) electrons. The van der Waals surface area contributed by atoms with Crippen molar-refractivity contribution < 1.29 is 18.4 Å². The fourth-order valence-electron chi connectivity index (χ4n) is 4.40. The van der Waals surface area contributed by atoms with E-state index in [-0.39, 0.29) is 23.5 Å². The molecule has 2 aromatic rings. The first-order valence-electron chi connectivity index (χ1n) is 11.2. The van der Waals surface area contributed by atoms with Gasteiger partial charge in [0.05, 0.1) is 5.56 Å². The Bertz CT molecular complexity index is 936. The zero-order chi connectivity index (χ0) is 21.6. The van der Waals surface area contributed by atoms with Gasteiger partial charge < -0.3 is 14.2 Å². The molecular weight excluding hydrogens is 395 g/mol. The van der Waals surface area contributed by atoms with Gasteiger partial charge in [0.25, 0.3) is 0 Å². The molecule has 2 amide bonds. The standard InChI is InChI=1S/C25H29FN2O3/c26-22-8-4-3-7-21(22)23-11-9-20(31-23)10-12-24(29)27-17-13-19(14-18-27)25(30)28-15-5-1-2-6-16-28/h3-4,7-12,19H,1-2,5-6,13-18H2/b12-10+. The van der Waals surface area contributed by atoms with Crippen LogP contribution in [0.15, 0.2) is 46.9 Å². The SMILES string of the molecule is O=C(/C=C/c1ccc(-c2ccccc2F)o1)N1CCC(C(=O)N2CCCCCC2)CC1. The summed E-state index contributed by atoms with van der Waals surface area (Å²) >= 11 is 0. The van der Waals surface area contributed by atoms with Crippen LogP contribution < -0.4 is 0 Å². The molecule has 2 aliphatic rings. The third kappa shape index (κ3) is 5.24. The van der Waals surface area contributed by atoms with Gasteiger partial charge in [-0.25, -0.2) is 4.39 Å². The Balaban J connectivity index is 1.30. The van der Waals surface area contributed by atoms with Gasteiger partial charge in [-0.1, -0.05) is 25.0 Å². The molecule has 1 aromatic carbocycles. The number of carbonyl (C=O) groups excluding carboxylic acids is 2. The Morgan fingerprint density at radius 1 is 0.903 bits per heavy atom. The molecule has 2 saturated heterocycles. The van der Waals surface area contributed by atoms with Crippen molar-refractivity contribution in [1.29, 1.82) is 0 Å². The number of hydrogen-bond acceptors (Lipinski definition) is 3. The van der Waals surface area contributed by atoms with Crippen molar-refractivity contribution in [1.82, 2.24) is 9.80 Å². The number of furan rings is 1. The lowest BCUT2D eigenvalue weighted by molar-refractivity contribution is -0.139. The van der Waals surface area contributed by atoms with E-state index in [1.807, 2.05) is 4.90 Å². The van der Waals surface area contributed by atoms with Crippen LogP contribution in [0.4, 0.5) is 4.39 Å². The van der Waals surface area contributed by atoms with E-state index in [0.717, 1.165) is 25.9 Å². The quantitative estimate of drug-likeness (QED) is 0.666. The first kappa shape index (κ1) is 21.3. The van der Waals surface area contributed by atoms with Crippen molar-refractivity contribution >= 4 is 17.9 Å². The third-order valence-corrected chi connectivity index (χ3v) is 6.23. The van der Waals surface area contributed by atoms with Gasteiger partial charge in [-0.3, -0.25) is 9.59 Å². The number of benzene rings is 1. The van der Waals surface area contributed by atoms with Crippen molar-refractivity contribution in [3.8, 4) is 11.3 Å². The molecule has 0 unspecified atom stereocenters. The monoisotopic (exact) mass is 424 g/mol. The van der Waals surface area contributed by atoms with Crippen LogP contribution >= 0.6 is 0 Å². The van der Waals surface area contributed by atoms with Crippen LogP contribution in [0, 0.1) is 11.7 Å². The van der Waals surface area contributed by atoms with Gasteiger partial charge >= 0.3 is 0 Å². The summed E-state index contributed by atoms with van der Waals surface area (Å²) in [4.78, 5) is 29.2. The van der Waals surface area contributed by atoms with Crippen LogP contribution in [-0.2, 0) is 9.59 Å². The number of hydrogen-bond donors (Lipinski definition) is 0. The molecule has 0 bridgehead atoms. The van der Waals surface area contributed by atoms with Gasteiger partial charge in [-0.05, 0) is 56.0 Å². The van der Waals surface area contributed by atoms with Gasteiger partial charge in [-0.15, -0.1) is 0 Å². The number of rotatable bonds is 4. The highest BCUT2D eigenvalue weighted by atomic mass is 19.1. The zero-order valence-electron chi connectivity index (χ0n) is 17.8. The molecule has 0 atom stereocenters. The van der Waals surface area contributed by atoms with Crippen LogP contribution in [0.25, 0.3) is 17.4 Å². The Labute approximate surface area is 182 Å². The van der Waals surface area contributed by atoms with Gasteiger partial charge in [0, 0.05) is 38.2 Å². The van der Waals surface area contributed by atoms with E-state index in [9.17, 15) is 14.0 Å². The van der Waals surface area contributed by atoms with Crippen molar-refractivity contribution in [2.24, 2.45) is 5.92 Å². The molecule has 1 aromatic heterocycles. The van der Waals surface area contributed by atoms with Crippen LogP contribution in [-0.4, -0.2) is 47.8 Å². The average molecular weight is 425 g/mol. The number of piperidine rings is 1. The lowest BCUT2D eigenvalue weighted by Crippen LogP contribution is -2.44. The minimum Gasteiger partial charge on any atom is -0.457 e. The smallest absolute Gasteiger partial charge is 0.246 e. The maximum atomic E-state index is 13.9. The predicted octanol–water partition coefficient (Wildman–Crippen LogP) is 4.74. The van der Waals surface area contributed by atoms with Crippen LogP contribution in [0.3, 0.4) is 0 Å². The molecule has 3 heterocycles. The van der Waals surface area contributed by atoms with Crippen LogP contribution in [0.1, 0.15) is 44.3 Å². The number of amides is 2. The second-order valence-corrected chi connectivity index (χ2v) is 8.35. The summed E-state index contributed by atoms with van der Waals surface area (Å²) in [5, 5.41) is 0. The number of likely N-dealkylation sites (tertiary alicyclic amines) is 2. The van der Waals surface area contributed by atoms with E-state index >= 15 is 0 Å². The largest absolute Gasteiger partial charge is 0.457 e. The third-order valence-electron chi connectivity index (χ3n) is 6.23. The van der Waals surface area contributed by atoms with Crippen molar-refractivity contribution in [3.63, 3.8) is 0 Å². The summed E-state index contributed by atoms with van der Waals surface area (Å²) in [5.41, 5.74) is 0.393. The molecule has 6 heteroatoms. The van der Waals surface area contributed by atoms with Crippen molar-refractivity contribution in [3.05, 3.63) is 54.1 Å². The minimum absolute atomic E-state index is 0.0273. The highest BCUT2D eigenvalue weighted by Crippen LogP contribution is 2.26. The normalized spacial score (nSPS) is 18.4. The highest BCUT2D eigenvalue weighted by Gasteiger charge is 2.29. The minimum atomic E-state index is -0.346. The number of nitrogens with zero attached hydrogens (tertiary/aromatic N) is 2. The molecule has 0 spiro atoms. The van der Waals surface area contributed by atoms with E-state index < -0.39 is 0 Å². The lowest BCUT2D eigenvalue weighted by atomic mass is 9.95. The second-order valence-electron chi connectivity index (χ2n) is 8.35. The fraction of sp³-hybridized carbons (Fsp3) is 0.440. The Hall–Kier alpha value is -2.89. The molecule has 2 aliphatic heterocycles. The summed E-state index contributed by atoms with van der Waals surface area (Å²) in [7, 11) is 0. The number of halogens is 1. The Kier molecular flexibility index (Phi) is 6.85. The predicted molar refractivity (Wildman–Crippen MR) is 117 cm³/mol. The van der Waals surface area contributed by atoms with Crippen LogP contribution in [0.5, 0.6) is 0 Å². The van der Waals surface area contributed by atoms with E-state index in [1.165, 1.54) is 25.0 Å². The summed E-state index contributed by atoms with van der Waals surface area (Å²) in [6.45, 7) is 2.93. The highest BCUT2D eigenvalue weighted by molar-refractivity contribution is 5.91. The van der Waals surface area contributed by atoms with E-state index in [0.29, 0.717) is 43.0 Å². The summed E-state index contributed by atoms with van der Waals surface area (Å²) in [6, 6.07) is 9.84. The summed E-state index contributed by atoms with van der Waals surface area (Å²) in [6.07, 6.45) is 9.14. The van der Waals surface area contributed by atoms with Crippen molar-refractivity contribution in [2.75, 3.05) is 26.2 Å². The Morgan fingerprint density at radius 3 is 2.32 bits per heavy atom. The fourth-order valence-corrected chi connectivity index (χ4v) is 4.40. The first-order chi connectivity index (χ1) is 15.1. The molecule has 31 heavy (non-hydrogen) atoms. The van der Waals surface area contributed by atoms with E-state index in [2.05, 4.69) is 0 Å². The van der Waals surface area contributed by atoms with Gasteiger partial charge in [0.2, 0.25) is 11.8 Å². The number of carbonyl (C=O) groups is 2. The first-order valence-corrected chi connectivity index (χ1v) is 11.2. The van der Waals surface area contributed by atoms with E-state index in [1.54, 1.807) is 41.3 Å². The van der Waals surface area contributed by atoms with Gasteiger partial charge in [0.1, 0.15) is 17.3 Å². The van der Waals surface area contributed by atoms with E-state index in [4.69, 9.17) is 4.42 Å². The molecule has 5 nitrogen and oxygen atoms in total. The summed E-state index contributed by atoms with van der Waals surface area (Å²) < 4.78 is 19.6. The van der Waals surface area contributed by atoms with Crippen molar-refractivity contribution in [2.45, 2.75) is 38.5 Å². The zero-order valence-corrected chi connectivity index (χ0v) is 17.8. The Morgan fingerprint density at radius 2 is 1.61 bits per heavy atom. The van der Waals surface area contributed by atoms with Gasteiger partial charge in [0.15, 0.2) is 0 Å². The maximum absolute atomic E-state index is 13.9. The molecule has 0 N–H and O–H groups in total. The topological polar surface area (TPSA) is 53.8 Å². The molecule has 0 saturated carbocycles. The molecule has 0 aliphatic carbocycles.